The maximum Gasteiger partial charge on any atom is 0.307 e. The highest BCUT2D eigenvalue weighted by Gasteiger charge is 2.08. The molecule has 0 heterocycles. The Balaban J connectivity index is 2.86. The van der Waals surface area contributed by atoms with Crippen molar-refractivity contribution in [2.45, 2.75) is 11.3 Å². The smallest absolute Gasteiger partial charge is 0.307 e. The van der Waals surface area contributed by atoms with Crippen LogP contribution in [0.25, 0.3) is 0 Å². The lowest BCUT2D eigenvalue weighted by atomic mass is 10.4. The molecule has 0 aromatic heterocycles. The van der Waals surface area contributed by atoms with Gasteiger partial charge in [0.05, 0.1) is 11.3 Å². The first-order valence-electron chi connectivity index (χ1n) is 4.21. The molecular weight excluding hydrogens is 216 g/mol. The van der Waals surface area contributed by atoms with Crippen LogP contribution in [0.5, 0.6) is 0 Å². The molecule has 0 atom stereocenters. The molecule has 0 aliphatic carbocycles. The van der Waals surface area contributed by atoms with E-state index in [2.05, 4.69) is 0 Å². The molecule has 0 saturated carbocycles. The molecule has 1 rings (SSSR count). The Morgan fingerprint density at radius 2 is 1.87 bits per heavy atom. The highest BCUT2D eigenvalue weighted by Crippen LogP contribution is 2.11. The molecule has 1 aromatic rings. The van der Waals surface area contributed by atoms with E-state index in [0.717, 1.165) is 11.5 Å². The zero-order chi connectivity index (χ0) is 11.3. The number of sulfone groups is 1. The molecule has 4 nitrogen and oxygen atoms in total. The minimum absolute atomic E-state index is 0.159. The maximum atomic E-state index is 11.5. The lowest BCUT2D eigenvalue weighted by Gasteiger charge is -1.96. The van der Waals surface area contributed by atoms with Crippen LogP contribution >= 0.6 is 0 Å². The summed E-state index contributed by atoms with van der Waals surface area (Å²) in [5.74, 6) is -1.06. The summed E-state index contributed by atoms with van der Waals surface area (Å²) in [6, 6.07) is 7.84. The van der Waals surface area contributed by atoms with Crippen molar-refractivity contribution in [3.05, 3.63) is 41.8 Å². The van der Waals surface area contributed by atoms with E-state index in [4.69, 9.17) is 5.11 Å². The fourth-order valence-electron chi connectivity index (χ4n) is 0.964. The Kier molecular flexibility index (Phi) is 3.62. The highest BCUT2D eigenvalue weighted by atomic mass is 32.2. The average molecular weight is 226 g/mol. The van der Waals surface area contributed by atoms with E-state index >= 15 is 0 Å². The van der Waals surface area contributed by atoms with Crippen LogP contribution in [0.1, 0.15) is 6.42 Å². The van der Waals surface area contributed by atoms with Crippen molar-refractivity contribution >= 4 is 15.8 Å². The fraction of sp³-hybridized carbons (Fsp3) is 0.100. The van der Waals surface area contributed by atoms with Crippen molar-refractivity contribution in [2.24, 2.45) is 0 Å². The van der Waals surface area contributed by atoms with Gasteiger partial charge in [0, 0.05) is 5.41 Å². The summed E-state index contributed by atoms with van der Waals surface area (Å²) < 4.78 is 23.1. The Labute approximate surface area is 87.8 Å². The van der Waals surface area contributed by atoms with Gasteiger partial charge >= 0.3 is 5.97 Å². The number of rotatable bonds is 4. The van der Waals surface area contributed by atoms with Gasteiger partial charge < -0.3 is 5.11 Å². The summed E-state index contributed by atoms with van der Waals surface area (Å²) in [4.78, 5) is 10.3. The molecular formula is C10H10O4S. The van der Waals surface area contributed by atoms with Crippen molar-refractivity contribution in [3.63, 3.8) is 0 Å². The minimum Gasteiger partial charge on any atom is -0.481 e. The van der Waals surface area contributed by atoms with Crippen molar-refractivity contribution in [2.75, 3.05) is 0 Å². The van der Waals surface area contributed by atoms with Gasteiger partial charge in [-0.05, 0) is 12.1 Å². The number of benzene rings is 1. The minimum atomic E-state index is -3.50. The quantitative estimate of drug-likeness (QED) is 0.843. The Morgan fingerprint density at radius 3 is 2.40 bits per heavy atom. The first-order valence-corrected chi connectivity index (χ1v) is 5.75. The predicted octanol–water partition coefficient (Wildman–Crippen LogP) is 1.45. The van der Waals surface area contributed by atoms with Gasteiger partial charge in [-0.25, -0.2) is 8.42 Å². The topological polar surface area (TPSA) is 71.4 Å². The third-order valence-corrected chi connectivity index (χ3v) is 3.12. The second-order valence-electron chi connectivity index (χ2n) is 2.83. The number of hydrogen-bond acceptors (Lipinski definition) is 3. The van der Waals surface area contributed by atoms with Crippen LogP contribution in [0.15, 0.2) is 46.7 Å². The van der Waals surface area contributed by atoms with Gasteiger partial charge in [0.1, 0.15) is 0 Å². The van der Waals surface area contributed by atoms with E-state index in [9.17, 15) is 13.2 Å². The molecule has 0 saturated heterocycles. The second-order valence-corrected chi connectivity index (χ2v) is 4.66. The van der Waals surface area contributed by atoms with Crippen LogP contribution in [0.3, 0.4) is 0 Å². The molecule has 0 fully saturated rings. The van der Waals surface area contributed by atoms with Crippen molar-refractivity contribution in [3.8, 4) is 0 Å². The SMILES string of the molecule is O=C(O)C/C=C/S(=O)(=O)c1ccccc1. The average Bonchev–Trinajstić information content (AvgIpc) is 2.18. The lowest BCUT2D eigenvalue weighted by molar-refractivity contribution is -0.135. The normalized spacial score (nSPS) is 11.7. The zero-order valence-corrected chi connectivity index (χ0v) is 8.65. The van der Waals surface area contributed by atoms with E-state index in [1.165, 1.54) is 12.1 Å². The summed E-state index contributed by atoms with van der Waals surface area (Å²) in [7, 11) is -3.50. The summed E-state index contributed by atoms with van der Waals surface area (Å²) in [6.45, 7) is 0. The van der Waals surface area contributed by atoms with E-state index in [1.807, 2.05) is 0 Å². The molecule has 0 spiro atoms. The van der Waals surface area contributed by atoms with Crippen LogP contribution in [0, 0.1) is 0 Å². The molecule has 0 bridgehead atoms. The van der Waals surface area contributed by atoms with Crippen molar-refractivity contribution in [1.29, 1.82) is 0 Å². The molecule has 80 valence electrons. The maximum absolute atomic E-state index is 11.5. The molecule has 0 amide bonds. The first-order chi connectivity index (χ1) is 7.02. The molecule has 15 heavy (non-hydrogen) atoms. The molecule has 0 aliphatic rings. The number of carboxylic acid groups (broad SMARTS) is 1. The monoisotopic (exact) mass is 226 g/mol. The Bertz CT molecular complexity index is 459. The summed E-state index contributed by atoms with van der Waals surface area (Å²) in [5, 5.41) is 9.25. The molecule has 0 aliphatic heterocycles. The zero-order valence-electron chi connectivity index (χ0n) is 7.83. The standard InChI is InChI=1S/C10H10O4S/c11-10(12)7-4-8-15(13,14)9-5-2-1-3-6-9/h1-6,8H,7H2,(H,11,12)/b8-4+. The number of aliphatic carboxylic acids is 1. The molecule has 1 aromatic carbocycles. The number of carboxylic acids is 1. The molecule has 0 radical (unpaired) electrons. The largest absolute Gasteiger partial charge is 0.481 e. The van der Waals surface area contributed by atoms with Gasteiger partial charge in [-0.2, -0.15) is 0 Å². The lowest BCUT2D eigenvalue weighted by Crippen LogP contribution is -1.97. The van der Waals surface area contributed by atoms with Crippen LogP contribution < -0.4 is 0 Å². The third kappa shape index (κ3) is 3.55. The van der Waals surface area contributed by atoms with Gasteiger partial charge in [0.15, 0.2) is 9.84 Å². The summed E-state index contributed by atoms with van der Waals surface area (Å²) in [6.07, 6.45) is 0.816. The number of hydrogen-bond donors (Lipinski definition) is 1. The molecule has 5 heteroatoms. The van der Waals surface area contributed by atoms with Gasteiger partial charge in [-0.15, -0.1) is 0 Å². The third-order valence-electron chi connectivity index (χ3n) is 1.64. The van der Waals surface area contributed by atoms with Gasteiger partial charge in [-0.3, -0.25) is 4.79 Å². The van der Waals surface area contributed by atoms with Gasteiger partial charge in [0.2, 0.25) is 0 Å². The van der Waals surface area contributed by atoms with E-state index in [0.29, 0.717) is 0 Å². The number of carbonyl (C=O) groups is 1. The second kappa shape index (κ2) is 4.75. The predicted molar refractivity (Wildman–Crippen MR) is 55.0 cm³/mol. The van der Waals surface area contributed by atoms with E-state index in [-0.39, 0.29) is 11.3 Å². The fourth-order valence-corrected chi connectivity index (χ4v) is 2.01. The van der Waals surface area contributed by atoms with E-state index < -0.39 is 15.8 Å². The van der Waals surface area contributed by atoms with Crippen molar-refractivity contribution < 1.29 is 18.3 Å². The van der Waals surface area contributed by atoms with Crippen LogP contribution in [0.2, 0.25) is 0 Å². The first kappa shape index (κ1) is 11.5. The van der Waals surface area contributed by atoms with Crippen molar-refractivity contribution in [1.82, 2.24) is 0 Å². The summed E-state index contributed by atoms with van der Waals surface area (Å²) in [5.41, 5.74) is 0. The Morgan fingerprint density at radius 1 is 1.27 bits per heavy atom. The van der Waals surface area contributed by atoms with Gasteiger partial charge in [0.25, 0.3) is 0 Å². The van der Waals surface area contributed by atoms with Crippen LogP contribution in [-0.4, -0.2) is 19.5 Å². The van der Waals surface area contributed by atoms with E-state index in [1.54, 1.807) is 18.2 Å². The molecule has 1 N–H and O–H groups in total. The van der Waals surface area contributed by atoms with Crippen LogP contribution in [-0.2, 0) is 14.6 Å². The molecule has 0 unspecified atom stereocenters. The Hall–Kier alpha value is -1.62. The van der Waals surface area contributed by atoms with Crippen LogP contribution in [0.4, 0.5) is 0 Å². The summed E-state index contributed by atoms with van der Waals surface area (Å²) >= 11 is 0. The van der Waals surface area contributed by atoms with Gasteiger partial charge in [-0.1, -0.05) is 24.3 Å². The highest BCUT2D eigenvalue weighted by molar-refractivity contribution is 7.94.